The molecule has 0 spiro atoms. The number of nitrogens with zero attached hydrogens (tertiary/aromatic N) is 3. The molecule has 0 amide bonds. The molecule has 4 nitrogen and oxygen atoms in total. The van der Waals surface area contributed by atoms with Crippen LogP contribution < -0.4 is 10.2 Å². The first-order valence-electron chi connectivity index (χ1n) is 7.46. The van der Waals surface area contributed by atoms with Crippen LogP contribution in [0.5, 0.6) is 0 Å². The maximum absolute atomic E-state index is 4.57. The summed E-state index contributed by atoms with van der Waals surface area (Å²) in [6, 6.07) is 0.681. The van der Waals surface area contributed by atoms with Gasteiger partial charge in [-0.3, -0.25) is 0 Å². The summed E-state index contributed by atoms with van der Waals surface area (Å²) in [6.07, 6.45) is 4.64. The van der Waals surface area contributed by atoms with Crippen molar-refractivity contribution in [3.63, 3.8) is 0 Å². The average molecular weight is 296 g/mol. The van der Waals surface area contributed by atoms with Gasteiger partial charge in [0.05, 0.1) is 0 Å². The topological polar surface area (TPSA) is 31.4 Å². The van der Waals surface area contributed by atoms with Crippen molar-refractivity contribution in [1.82, 2.24) is 15.2 Å². The Balaban J connectivity index is 1.87. The third-order valence-electron chi connectivity index (χ3n) is 3.82. The van der Waals surface area contributed by atoms with Crippen LogP contribution >= 0.6 is 11.3 Å². The normalized spacial score (nSPS) is 20.6. The molecule has 114 valence electrons. The highest BCUT2D eigenvalue weighted by Gasteiger charge is 2.23. The fraction of sp³-hybridized carbons (Fsp3) is 0.800. The summed E-state index contributed by atoms with van der Waals surface area (Å²) in [7, 11) is 4.39. The molecular weight excluding hydrogens is 268 g/mol. The van der Waals surface area contributed by atoms with E-state index in [1.807, 2.05) is 6.20 Å². The summed E-state index contributed by atoms with van der Waals surface area (Å²) in [5.74, 6) is 0. The number of aromatic nitrogens is 1. The Kier molecular flexibility index (Phi) is 5.04. The molecule has 1 N–H and O–H groups in total. The van der Waals surface area contributed by atoms with Gasteiger partial charge in [0.25, 0.3) is 0 Å². The lowest BCUT2D eigenvalue weighted by Gasteiger charge is -2.25. The number of nitrogens with one attached hydrogen (secondary N) is 1. The average Bonchev–Trinajstić information content (AvgIpc) is 2.96. The Hall–Kier alpha value is -0.650. The highest BCUT2D eigenvalue weighted by molar-refractivity contribution is 7.15. The van der Waals surface area contributed by atoms with E-state index in [9.17, 15) is 0 Å². The largest absolute Gasteiger partial charge is 0.350 e. The molecule has 0 aromatic carbocycles. The van der Waals surface area contributed by atoms with Gasteiger partial charge >= 0.3 is 0 Å². The number of hydrogen-bond donors (Lipinski definition) is 1. The van der Waals surface area contributed by atoms with Crippen LogP contribution in [0.25, 0.3) is 0 Å². The lowest BCUT2D eigenvalue weighted by atomic mass is 10.1. The van der Waals surface area contributed by atoms with Gasteiger partial charge in [-0.25, -0.2) is 4.98 Å². The maximum Gasteiger partial charge on any atom is 0.185 e. The van der Waals surface area contributed by atoms with Crippen molar-refractivity contribution in [2.45, 2.75) is 51.7 Å². The summed E-state index contributed by atoms with van der Waals surface area (Å²) < 4.78 is 0. The summed E-state index contributed by atoms with van der Waals surface area (Å²) in [4.78, 5) is 10.6. The van der Waals surface area contributed by atoms with Crippen LogP contribution in [0.1, 0.15) is 38.5 Å². The Labute approximate surface area is 127 Å². The molecule has 0 bridgehead atoms. The van der Waals surface area contributed by atoms with Crippen LogP contribution in [0, 0.1) is 0 Å². The summed E-state index contributed by atoms with van der Waals surface area (Å²) >= 11 is 1.80. The second kappa shape index (κ2) is 6.41. The van der Waals surface area contributed by atoms with Gasteiger partial charge in [-0.1, -0.05) is 0 Å². The van der Waals surface area contributed by atoms with Gasteiger partial charge in [0.2, 0.25) is 0 Å². The monoisotopic (exact) mass is 296 g/mol. The van der Waals surface area contributed by atoms with Crippen molar-refractivity contribution in [3.05, 3.63) is 11.1 Å². The number of likely N-dealkylation sites (N-methyl/N-ethyl adjacent to an activating group) is 2. The van der Waals surface area contributed by atoms with Crippen LogP contribution in [0.3, 0.4) is 0 Å². The van der Waals surface area contributed by atoms with Crippen LogP contribution in [-0.2, 0) is 6.54 Å². The molecule has 1 fully saturated rings. The number of rotatable bonds is 5. The van der Waals surface area contributed by atoms with Crippen molar-refractivity contribution >= 4 is 16.5 Å². The molecule has 1 atom stereocenters. The second-order valence-electron chi connectivity index (χ2n) is 6.87. The Morgan fingerprint density at radius 1 is 1.50 bits per heavy atom. The molecule has 1 aromatic rings. The van der Waals surface area contributed by atoms with E-state index in [0.717, 1.165) is 18.2 Å². The van der Waals surface area contributed by atoms with Gasteiger partial charge in [0.15, 0.2) is 5.13 Å². The molecule has 0 saturated carbocycles. The van der Waals surface area contributed by atoms with E-state index in [1.165, 1.54) is 24.3 Å². The first-order valence-corrected chi connectivity index (χ1v) is 8.28. The number of thiazole rings is 1. The van der Waals surface area contributed by atoms with Gasteiger partial charge in [0.1, 0.15) is 0 Å². The zero-order valence-electron chi connectivity index (χ0n) is 13.4. The molecule has 5 heteroatoms. The quantitative estimate of drug-likeness (QED) is 0.905. The number of hydrogen-bond acceptors (Lipinski definition) is 5. The van der Waals surface area contributed by atoms with Crippen LogP contribution in [0.15, 0.2) is 6.20 Å². The fourth-order valence-electron chi connectivity index (χ4n) is 2.51. The van der Waals surface area contributed by atoms with Gasteiger partial charge in [0, 0.05) is 42.8 Å². The molecule has 1 saturated heterocycles. The smallest absolute Gasteiger partial charge is 0.185 e. The number of anilines is 1. The van der Waals surface area contributed by atoms with E-state index < -0.39 is 0 Å². The van der Waals surface area contributed by atoms with Crippen LogP contribution in [0.2, 0.25) is 0 Å². The van der Waals surface area contributed by atoms with Crippen molar-refractivity contribution in [1.29, 1.82) is 0 Å². The van der Waals surface area contributed by atoms with E-state index in [1.54, 1.807) is 11.3 Å². The minimum absolute atomic E-state index is 0.155. The van der Waals surface area contributed by atoms with Crippen molar-refractivity contribution in [2.24, 2.45) is 0 Å². The molecule has 20 heavy (non-hydrogen) atoms. The van der Waals surface area contributed by atoms with E-state index >= 15 is 0 Å². The second-order valence-corrected chi connectivity index (χ2v) is 7.96. The summed E-state index contributed by atoms with van der Waals surface area (Å²) in [5, 5.41) is 4.65. The van der Waals surface area contributed by atoms with Gasteiger partial charge in [-0.05, 0) is 47.2 Å². The molecule has 1 aromatic heterocycles. The van der Waals surface area contributed by atoms with Crippen LogP contribution in [0.4, 0.5) is 5.13 Å². The minimum Gasteiger partial charge on any atom is -0.350 e. The van der Waals surface area contributed by atoms with E-state index in [4.69, 9.17) is 0 Å². The molecule has 1 aliphatic rings. The van der Waals surface area contributed by atoms with Gasteiger partial charge < -0.3 is 15.1 Å². The Morgan fingerprint density at radius 3 is 2.85 bits per heavy atom. The summed E-state index contributed by atoms with van der Waals surface area (Å²) in [6.45, 7) is 9.79. The van der Waals surface area contributed by atoms with Crippen LogP contribution in [-0.4, -0.2) is 48.6 Å². The molecule has 2 heterocycles. The molecule has 0 aliphatic carbocycles. The van der Waals surface area contributed by atoms with Crippen molar-refractivity contribution in [3.8, 4) is 0 Å². The Morgan fingerprint density at radius 2 is 2.25 bits per heavy atom. The highest BCUT2D eigenvalue weighted by Crippen LogP contribution is 2.24. The van der Waals surface area contributed by atoms with Gasteiger partial charge in [-0.15, -0.1) is 11.3 Å². The van der Waals surface area contributed by atoms with Crippen molar-refractivity contribution < 1.29 is 0 Å². The minimum atomic E-state index is 0.155. The fourth-order valence-corrected chi connectivity index (χ4v) is 3.33. The first-order chi connectivity index (χ1) is 9.35. The number of likely N-dealkylation sites (tertiary alicyclic amines) is 1. The zero-order chi connectivity index (χ0) is 14.8. The third kappa shape index (κ3) is 4.43. The summed E-state index contributed by atoms with van der Waals surface area (Å²) in [5.41, 5.74) is 0.155. The highest BCUT2D eigenvalue weighted by atomic mass is 32.1. The maximum atomic E-state index is 4.57. The molecule has 1 unspecified atom stereocenters. The predicted octanol–water partition coefficient (Wildman–Crippen LogP) is 2.56. The molecular formula is C15H28N4S. The van der Waals surface area contributed by atoms with E-state index in [-0.39, 0.29) is 5.54 Å². The van der Waals surface area contributed by atoms with Gasteiger partial charge in [-0.2, -0.15) is 0 Å². The Bertz CT molecular complexity index is 424. The van der Waals surface area contributed by atoms with E-state index in [2.05, 4.69) is 55.0 Å². The van der Waals surface area contributed by atoms with Crippen molar-refractivity contribution in [2.75, 3.05) is 32.1 Å². The molecule has 0 radical (unpaired) electrons. The lowest BCUT2D eigenvalue weighted by Crippen LogP contribution is -2.36. The molecule has 2 rings (SSSR count). The third-order valence-corrected chi connectivity index (χ3v) is 4.93. The SMILES string of the molecule is CN(CC1CCCN1C)c1ncc(CNC(C)(C)C)s1. The first kappa shape index (κ1) is 15.7. The predicted molar refractivity (Wildman–Crippen MR) is 87.6 cm³/mol. The standard InChI is InChI=1S/C15H28N4S/c1-15(2,3)17-10-13-9-16-14(20-13)19(5)11-12-7-6-8-18(12)4/h9,12,17H,6-8,10-11H2,1-5H3. The zero-order valence-corrected chi connectivity index (χ0v) is 14.3. The lowest BCUT2D eigenvalue weighted by molar-refractivity contribution is 0.314. The van der Waals surface area contributed by atoms with E-state index in [0.29, 0.717) is 6.04 Å². The molecule has 1 aliphatic heterocycles.